The van der Waals surface area contributed by atoms with Crippen LogP contribution in [-0.2, 0) is 0 Å². The molecule has 0 aromatic heterocycles. The number of hydrogen-bond donors (Lipinski definition) is 2. The molecule has 0 saturated carbocycles. The summed E-state index contributed by atoms with van der Waals surface area (Å²) in [6.07, 6.45) is 0. The molecule has 0 aliphatic carbocycles. The highest BCUT2D eigenvalue weighted by atomic mass is 79.9. The van der Waals surface area contributed by atoms with E-state index in [2.05, 4.69) is 21.2 Å². The molecule has 2 aromatic carbocycles. The summed E-state index contributed by atoms with van der Waals surface area (Å²) in [7, 11) is 0. The first-order chi connectivity index (χ1) is 8.58. The van der Waals surface area contributed by atoms with Crippen LogP contribution >= 0.6 is 15.9 Å². The van der Waals surface area contributed by atoms with Crippen LogP contribution in [0.1, 0.15) is 15.9 Å². The molecule has 3 N–H and O–H groups in total. The van der Waals surface area contributed by atoms with Gasteiger partial charge in [0.25, 0.3) is 5.91 Å². The van der Waals surface area contributed by atoms with Crippen molar-refractivity contribution in [3.63, 3.8) is 0 Å². The van der Waals surface area contributed by atoms with Gasteiger partial charge in [-0.1, -0.05) is 34.1 Å². The lowest BCUT2D eigenvalue weighted by molar-refractivity contribution is 0.102. The van der Waals surface area contributed by atoms with Crippen molar-refractivity contribution in [1.82, 2.24) is 0 Å². The Hall–Kier alpha value is -1.81. The topological polar surface area (TPSA) is 55.1 Å². The summed E-state index contributed by atoms with van der Waals surface area (Å²) in [6, 6.07) is 12.9. The van der Waals surface area contributed by atoms with Gasteiger partial charge in [0, 0.05) is 15.8 Å². The predicted octanol–water partition coefficient (Wildman–Crippen LogP) is 3.59. The third kappa shape index (κ3) is 2.71. The average Bonchev–Trinajstić information content (AvgIpc) is 2.28. The predicted molar refractivity (Wildman–Crippen MR) is 77.7 cm³/mol. The van der Waals surface area contributed by atoms with Crippen molar-refractivity contribution in [3.8, 4) is 0 Å². The van der Waals surface area contributed by atoms with Crippen LogP contribution in [0.15, 0.2) is 46.9 Å². The van der Waals surface area contributed by atoms with Crippen molar-refractivity contribution < 1.29 is 4.79 Å². The highest BCUT2D eigenvalue weighted by molar-refractivity contribution is 9.10. The van der Waals surface area contributed by atoms with E-state index in [1.165, 1.54) is 0 Å². The van der Waals surface area contributed by atoms with Crippen LogP contribution in [0, 0.1) is 6.92 Å². The molecule has 2 aromatic rings. The van der Waals surface area contributed by atoms with E-state index in [1.807, 2.05) is 43.3 Å². The van der Waals surface area contributed by atoms with E-state index >= 15 is 0 Å². The number of carbonyl (C=O) groups is 1. The Morgan fingerprint density at radius 1 is 1.22 bits per heavy atom. The van der Waals surface area contributed by atoms with E-state index in [9.17, 15) is 4.79 Å². The maximum atomic E-state index is 12.2. The third-order valence-electron chi connectivity index (χ3n) is 2.61. The monoisotopic (exact) mass is 304 g/mol. The van der Waals surface area contributed by atoms with Crippen molar-refractivity contribution in [2.24, 2.45) is 0 Å². The van der Waals surface area contributed by atoms with Gasteiger partial charge in [-0.15, -0.1) is 0 Å². The van der Waals surface area contributed by atoms with Gasteiger partial charge in [0.05, 0.1) is 5.56 Å². The van der Waals surface area contributed by atoms with Gasteiger partial charge in [0.15, 0.2) is 0 Å². The Kier molecular flexibility index (Phi) is 3.67. The second-order valence-electron chi connectivity index (χ2n) is 4.00. The van der Waals surface area contributed by atoms with Crippen LogP contribution in [0.25, 0.3) is 0 Å². The SMILES string of the molecule is Cc1cccc(N)c1C(=O)Nc1cccc(Br)c1. The summed E-state index contributed by atoms with van der Waals surface area (Å²) in [6.45, 7) is 1.87. The summed E-state index contributed by atoms with van der Waals surface area (Å²) >= 11 is 3.36. The van der Waals surface area contributed by atoms with Gasteiger partial charge >= 0.3 is 0 Å². The molecule has 92 valence electrons. The average molecular weight is 305 g/mol. The first-order valence-corrected chi connectivity index (χ1v) is 6.29. The molecular formula is C14H13BrN2O. The molecule has 1 amide bonds. The number of rotatable bonds is 2. The number of halogens is 1. The molecule has 0 spiro atoms. The maximum absolute atomic E-state index is 12.2. The molecule has 0 atom stereocenters. The summed E-state index contributed by atoms with van der Waals surface area (Å²) in [5, 5.41) is 2.83. The molecule has 18 heavy (non-hydrogen) atoms. The fraction of sp³-hybridized carbons (Fsp3) is 0.0714. The lowest BCUT2D eigenvalue weighted by Gasteiger charge is -2.10. The second kappa shape index (κ2) is 5.23. The third-order valence-corrected chi connectivity index (χ3v) is 3.11. The fourth-order valence-electron chi connectivity index (χ4n) is 1.76. The van der Waals surface area contributed by atoms with Gasteiger partial charge in [0.2, 0.25) is 0 Å². The number of nitrogens with one attached hydrogen (secondary N) is 1. The van der Waals surface area contributed by atoms with Gasteiger partial charge in [0.1, 0.15) is 0 Å². The lowest BCUT2D eigenvalue weighted by atomic mass is 10.1. The minimum Gasteiger partial charge on any atom is -0.398 e. The van der Waals surface area contributed by atoms with Crippen molar-refractivity contribution in [2.75, 3.05) is 11.1 Å². The molecule has 2 rings (SSSR count). The molecule has 0 heterocycles. The van der Waals surface area contributed by atoms with E-state index in [4.69, 9.17) is 5.73 Å². The number of aryl methyl sites for hydroxylation is 1. The van der Waals surface area contributed by atoms with E-state index in [1.54, 1.807) is 6.07 Å². The highest BCUT2D eigenvalue weighted by Gasteiger charge is 2.12. The zero-order valence-electron chi connectivity index (χ0n) is 9.91. The summed E-state index contributed by atoms with van der Waals surface area (Å²) in [4.78, 5) is 12.2. The Balaban J connectivity index is 2.28. The fourth-order valence-corrected chi connectivity index (χ4v) is 2.16. The van der Waals surface area contributed by atoms with Crippen molar-refractivity contribution in [3.05, 3.63) is 58.1 Å². The highest BCUT2D eigenvalue weighted by Crippen LogP contribution is 2.20. The second-order valence-corrected chi connectivity index (χ2v) is 4.92. The molecular weight excluding hydrogens is 292 g/mol. The molecule has 0 fully saturated rings. The molecule has 4 heteroatoms. The number of anilines is 2. The van der Waals surface area contributed by atoms with Crippen LogP contribution in [0.4, 0.5) is 11.4 Å². The number of nitrogens with two attached hydrogens (primary N) is 1. The van der Waals surface area contributed by atoms with Crippen LogP contribution in [0.3, 0.4) is 0 Å². The maximum Gasteiger partial charge on any atom is 0.258 e. The van der Waals surface area contributed by atoms with Gasteiger partial charge in [-0.25, -0.2) is 0 Å². The zero-order valence-corrected chi connectivity index (χ0v) is 11.5. The summed E-state index contributed by atoms with van der Waals surface area (Å²) in [5.74, 6) is -0.191. The largest absolute Gasteiger partial charge is 0.398 e. The van der Waals surface area contributed by atoms with Crippen LogP contribution in [0.2, 0.25) is 0 Å². The van der Waals surface area contributed by atoms with E-state index in [0.29, 0.717) is 11.3 Å². The Morgan fingerprint density at radius 2 is 1.94 bits per heavy atom. The minimum atomic E-state index is -0.191. The van der Waals surface area contributed by atoms with Gasteiger partial charge < -0.3 is 11.1 Å². The van der Waals surface area contributed by atoms with Gasteiger partial charge in [-0.05, 0) is 36.8 Å². The summed E-state index contributed by atoms with van der Waals surface area (Å²) in [5.41, 5.74) is 8.45. The number of hydrogen-bond acceptors (Lipinski definition) is 2. The Labute approximate surface area is 114 Å². The normalized spacial score (nSPS) is 10.1. The van der Waals surface area contributed by atoms with Crippen molar-refractivity contribution in [2.45, 2.75) is 6.92 Å². The molecule has 0 aliphatic heterocycles. The summed E-state index contributed by atoms with van der Waals surface area (Å²) < 4.78 is 0.915. The smallest absolute Gasteiger partial charge is 0.258 e. The van der Waals surface area contributed by atoms with Crippen LogP contribution in [-0.4, -0.2) is 5.91 Å². The standard InChI is InChI=1S/C14H13BrN2O/c1-9-4-2-7-12(16)13(9)14(18)17-11-6-3-5-10(15)8-11/h2-8H,16H2,1H3,(H,17,18). The molecule has 0 radical (unpaired) electrons. The number of carbonyl (C=O) groups excluding carboxylic acids is 1. The molecule has 0 aliphatic rings. The first kappa shape index (κ1) is 12.6. The molecule has 0 saturated heterocycles. The van der Waals surface area contributed by atoms with Crippen LogP contribution in [0.5, 0.6) is 0 Å². The molecule has 3 nitrogen and oxygen atoms in total. The zero-order chi connectivity index (χ0) is 13.1. The lowest BCUT2D eigenvalue weighted by Crippen LogP contribution is -2.15. The van der Waals surface area contributed by atoms with Gasteiger partial charge in [-0.2, -0.15) is 0 Å². The Bertz CT molecular complexity index is 576. The molecule has 0 bridgehead atoms. The van der Waals surface area contributed by atoms with E-state index in [-0.39, 0.29) is 5.91 Å². The van der Waals surface area contributed by atoms with Crippen molar-refractivity contribution >= 4 is 33.2 Å². The number of amides is 1. The quantitative estimate of drug-likeness (QED) is 0.833. The Morgan fingerprint density at radius 3 is 2.61 bits per heavy atom. The van der Waals surface area contributed by atoms with Crippen molar-refractivity contribution in [1.29, 1.82) is 0 Å². The van der Waals surface area contributed by atoms with Gasteiger partial charge in [-0.3, -0.25) is 4.79 Å². The van der Waals surface area contributed by atoms with E-state index < -0.39 is 0 Å². The number of benzene rings is 2. The van der Waals surface area contributed by atoms with Crippen LogP contribution < -0.4 is 11.1 Å². The van der Waals surface area contributed by atoms with E-state index in [0.717, 1.165) is 15.7 Å². The first-order valence-electron chi connectivity index (χ1n) is 5.50. The number of nitrogen functional groups attached to an aromatic ring is 1. The molecule has 0 unspecified atom stereocenters. The minimum absolute atomic E-state index is 0.191.